The SMILES string of the molecule is CC1=CC2[C@H](C(C)C)CC1[C@H]1C(=O)OC(=O)[C@@H]21. The number of fused-ring (bicyclic) bond motifs is 1. The van der Waals surface area contributed by atoms with Gasteiger partial charge in [0.2, 0.25) is 0 Å². The Morgan fingerprint density at radius 3 is 2.53 bits per heavy atom. The first kappa shape index (κ1) is 11.0. The number of esters is 2. The number of cyclic esters (lactones) is 2. The molecule has 2 unspecified atom stereocenters. The van der Waals surface area contributed by atoms with Gasteiger partial charge < -0.3 is 4.74 Å². The van der Waals surface area contributed by atoms with Crippen LogP contribution in [0.15, 0.2) is 11.6 Å². The fourth-order valence-electron chi connectivity index (χ4n) is 4.04. The van der Waals surface area contributed by atoms with Gasteiger partial charge in [-0.05, 0) is 37.0 Å². The lowest BCUT2D eigenvalue weighted by atomic mass is 9.54. The molecule has 5 atom stereocenters. The maximum atomic E-state index is 11.8. The summed E-state index contributed by atoms with van der Waals surface area (Å²) in [5.74, 6) is 0.554. The summed E-state index contributed by atoms with van der Waals surface area (Å²) in [5.41, 5.74) is 1.28. The van der Waals surface area contributed by atoms with Gasteiger partial charge in [-0.1, -0.05) is 25.5 Å². The van der Waals surface area contributed by atoms with Gasteiger partial charge in [-0.2, -0.15) is 0 Å². The lowest BCUT2D eigenvalue weighted by Gasteiger charge is -2.47. The first-order chi connectivity index (χ1) is 8.00. The predicted molar refractivity (Wildman–Crippen MR) is 61.8 cm³/mol. The molecular weight excluding hydrogens is 216 g/mol. The molecule has 3 nitrogen and oxygen atoms in total. The van der Waals surface area contributed by atoms with E-state index in [0.717, 1.165) is 6.42 Å². The lowest BCUT2D eigenvalue weighted by Crippen LogP contribution is -2.46. The minimum atomic E-state index is -0.288. The highest BCUT2D eigenvalue weighted by molar-refractivity contribution is 5.97. The molecule has 2 bridgehead atoms. The van der Waals surface area contributed by atoms with Crippen molar-refractivity contribution in [3.63, 3.8) is 0 Å². The first-order valence-corrected chi connectivity index (χ1v) is 6.44. The van der Waals surface area contributed by atoms with Gasteiger partial charge in [-0.25, -0.2) is 0 Å². The quantitative estimate of drug-likeness (QED) is 0.397. The molecule has 3 aliphatic carbocycles. The summed E-state index contributed by atoms with van der Waals surface area (Å²) in [7, 11) is 0. The number of rotatable bonds is 1. The standard InChI is InChI=1S/C14H18O3/c1-6(2)8-5-9-7(3)4-10(8)12-11(9)13(15)17-14(12)16/h4,6,8-12H,5H2,1-3H3/t8-,9?,10?,11+,12-/m0/s1. The van der Waals surface area contributed by atoms with Crippen molar-refractivity contribution in [2.75, 3.05) is 0 Å². The van der Waals surface area contributed by atoms with Gasteiger partial charge in [0, 0.05) is 0 Å². The van der Waals surface area contributed by atoms with Gasteiger partial charge in [0.15, 0.2) is 0 Å². The van der Waals surface area contributed by atoms with Crippen molar-refractivity contribution in [1.29, 1.82) is 0 Å². The summed E-state index contributed by atoms with van der Waals surface area (Å²) in [6, 6.07) is 0. The average molecular weight is 234 g/mol. The fourth-order valence-corrected chi connectivity index (χ4v) is 4.04. The Bertz CT molecular complexity index is 421. The van der Waals surface area contributed by atoms with Crippen LogP contribution in [0, 0.1) is 35.5 Å². The van der Waals surface area contributed by atoms with Crippen LogP contribution in [0.1, 0.15) is 27.2 Å². The predicted octanol–water partition coefficient (Wildman–Crippen LogP) is 2.17. The fraction of sp³-hybridized carbons (Fsp3) is 0.714. The maximum Gasteiger partial charge on any atom is 0.318 e. The highest BCUT2D eigenvalue weighted by atomic mass is 16.6. The van der Waals surface area contributed by atoms with Gasteiger partial charge in [0.05, 0.1) is 11.8 Å². The molecule has 92 valence electrons. The first-order valence-electron chi connectivity index (χ1n) is 6.44. The van der Waals surface area contributed by atoms with Crippen LogP contribution in [0.2, 0.25) is 0 Å². The molecule has 0 N–H and O–H groups in total. The zero-order valence-electron chi connectivity index (χ0n) is 10.5. The minimum Gasteiger partial charge on any atom is -0.393 e. The largest absolute Gasteiger partial charge is 0.393 e. The highest BCUT2D eigenvalue weighted by Gasteiger charge is 2.59. The summed E-state index contributed by atoms with van der Waals surface area (Å²) in [6.07, 6.45) is 3.26. The molecule has 17 heavy (non-hydrogen) atoms. The molecule has 4 rings (SSSR count). The summed E-state index contributed by atoms with van der Waals surface area (Å²) in [5, 5.41) is 0. The third-order valence-corrected chi connectivity index (χ3v) is 4.90. The molecule has 0 radical (unpaired) electrons. The van der Waals surface area contributed by atoms with E-state index in [9.17, 15) is 9.59 Å². The molecular formula is C14H18O3. The molecule has 1 saturated heterocycles. The topological polar surface area (TPSA) is 43.4 Å². The molecule has 1 aliphatic heterocycles. The van der Waals surface area contributed by atoms with E-state index in [1.54, 1.807) is 0 Å². The number of allylic oxidation sites excluding steroid dienone is 2. The van der Waals surface area contributed by atoms with E-state index in [1.807, 2.05) is 0 Å². The van der Waals surface area contributed by atoms with Gasteiger partial charge >= 0.3 is 11.9 Å². The van der Waals surface area contributed by atoms with Crippen LogP contribution in [-0.4, -0.2) is 11.9 Å². The highest BCUT2D eigenvalue weighted by Crippen LogP contribution is 2.55. The van der Waals surface area contributed by atoms with E-state index < -0.39 is 0 Å². The van der Waals surface area contributed by atoms with Crippen LogP contribution in [-0.2, 0) is 14.3 Å². The van der Waals surface area contributed by atoms with Crippen molar-refractivity contribution in [1.82, 2.24) is 0 Å². The Labute approximate surface area is 101 Å². The number of ether oxygens (including phenoxy) is 1. The Balaban J connectivity index is 2.04. The van der Waals surface area contributed by atoms with E-state index in [4.69, 9.17) is 4.74 Å². The zero-order chi connectivity index (χ0) is 12.3. The Morgan fingerprint density at radius 2 is 1.88 bits per heavy atom. The minimum absolute atomic E-state index is 0.188. The number of hydrogen-bond donors (Lipinski definition) is 0. The van der Waals surface area contributed by atoms with Crippen molar-refractivity contribution in [2.45, 2.75) is 27.2 Å². The molecule has 0 spiro atoms. The van der Waals surface area contributed by atoms with Crippen molar-refractivity contribution in [3.8, 4) is 0 Å². The number of carbonyl (C=O) groups is 2. The monoisotopic (exact) mass is 234 g/mol. The van der Waals surface area contributed by atoms with E-state index in [2.05, 4.69) is 26.8 Å². The summed E-state index contributed by atoms with van der Waals surface area (Å²) in [6.45, 7) is 6.48. The number of hydrogen-bond acceptors (Lipinski definition) is 3. The van der Waals surface area contributed by atoms with Crippen LogP contribution in [0.5, 0.6) is 0 Å². The van der Waals surface area contributed by atoms with Crippen LogP contribution in [0.3, 0.4) is 0 Å². The Morgan fingerprint density at radius 1 is 1.24 bits per heavy atom. The summed E-state index contributed by atoms with van der Waals surface area (Å²) in [4.78, 5) is 23.6. The van der Waals surface area contributed by atoms with Crippen molar-refractivity contribution < 1.29 is 14.3 Å². The average Bonchev–Trinajstić information content (AvgIpc) is 2.56. The van der Waals surface area contributed by atoms with Gasteiger partial charge in [0.25, 0.3) is 0 Å². The summed E-state index contributed by atoms with van der Waals surface area (Å²) < 4.78 is 4.85. The smallest absolute Gasteiger partial charge is 0.318 e. The van der Waals surface area contributed by atoms with Gasteiger partial charge in [0.1, 0.15) is 0 Å². The van der Waals surface area contributed by atoms with Crippen LogP contribution >= 0.6 is 0 Å². The molecule has 4 aliphatic rings. The molecule has 0 aromatic rings. The second kappa shape index (κ2) is 3.44. The molecule has 3 heteroatoms. The van der Waals surface area contributed by atoms with E-state index in [0.29, 0.717) is 11.8 Å². The van der Waals surface area contributed by atoms with Gasteiger partial charge in [-0.3, -0.25) is 9.59 Å². The van der Waals surface area contributed by atoms with Crippen molar-refractivity contribution >= 4 is 11.9 Å². The maximum absolute atomic E-state index is 11.8. The van der Waals surface area contributed by atoms with Crippen LogP contribution in [0.25, 0.3) is 0 Å². The molecule has 1 saturated carbocycles. The molecule has 2 fully saturated rings. The van der Waals surface area contributed by atoms with E-state index >= 15 is 0 Å². The van der Waals surface area contributed by atoms with E-state index in [1.165, 1.54) is 5.57 Å². The molecule has 0 amide bonds. The van der Waals surface area contributed by atoms with Crippen molar-refractivity contribution in [2.24, 2.45) is 35.5 Å². The molecule has 0 aromatic carbocycles. The summed E-state index contributed by atoms with van der Waals surface area (Å²) >= 11 is 0. The van der Waals surface area contributed by atoms with Crippen molar-refractivity contribution in [3.05, 3.63) is 11.6 Å². The second-order valence-corrected chi connectivity index (χ2v) is 6.03. The third kappa shape index (κ3) is 1.34. The van der Waals surface area contributed by atoms with Gasteiger partial charge in [-0.15, -0.1) is 0 Å². The van der Waals surface area contributed by atoms with Crippen LogP contribution < -0.4 is 0 Å². The second-order valence-electron chi connectivity index (χ2n) is 6.03. The van der Waals surface area contributed by atoms with E-state index in [-0.39, 0.29) is 35.6 Å². The lowest BCUT2D eigenvalue weighted by molar-refractivity contribution is -0.154. The Kier molecular flexibility index (Phi) is 2.22. The molecule has 0 aromatic heterocycles. The number of carbonyl (C=O) groups excluding carboxylic acids is 2. The Hall–Kier alpha value is -1.12. The third-order valence-electron chi connectivity index (χ3n) is 4.90. The normalized spacial score (nSPS) is 43.8. The zero-order valence-corrected chi connectivity index (χ0v) is 10.5. The molecule has 1 heterocycles. The van der Waals surface area contributed by atoms with Crippen LogP contribution in [0.4, 0.5) is 0 Å².